The lowest BCUT2D eigenvalue weighted by atomic mass is 10.0. The molecular weight excluding hydrogens is 616 g/mol. The molecule has 2 heterocycles. The van der Waals surface area contributed by atoms with Crippen molar-refractivity contribution in [3.8, 4) is 0 Å². The predicted molar refractivity (Wildman–Crippen MR) is 181 cm³/mol. The topological polar surface area (TPSA) is 94.2 Å². The number of nitrogens with zero attached hydrogens (tertiary/aromatic N) is 2. The molecule has 0 unspecified atom stereocenters. The van der Waals surface area contributed by atoms with Gasteiger partial charge in [0.2, 0.25) is 0 Å². The van der Waals surface area contributed by atoms with Gasteiger partial charge < -0.3 is 25.7 Å². The molecule has 0 radical (unpaired) electrons. The van der Waals surface area contributed by atoms with Gasteiger partial charge in [0.05, 0.1) is 5.56 Å². The number of alkyl halides is 3. The summed E-state index contributed by atoms with van der Waals surface area (Å²) in [6.07, 6.45) is -0.700. The molecule has 0 aliphatic rings. The van der Waals surface area contributed by atoms with Crippen LogP contribution in [0.15, 0.2) is 59.8 Å². The van der Waals surface area contributed by atoms with Crippen LogP contribution in [0.5, 0.6) is 0 Å². The van der Waals surface area contributed by atoms with Gasteiger partial charge in [0.1, 0.15) is 12.4 Å². The summed E-state index contributed by atoms with van der Waals surface area (Å²) in [6.45, 7) is 14.7. The van der Waals surface area contributed by atoms with Crippen LogP contribution < -0.4 is 16.4 Å². The van der Waals surface area contributed by atoms with Crippen molar-refractivity contribution in [1.82, 2.24) is 9.55 Å². The lowest BCUT2D eigenvalue weighted by Crippen LogP contribution is -2.22. The van der Waals surface area contributed by atoms with Gasteiger partial charge in [-0.15, -0.1) is 11.8 Å². The SMILES string of the molecule is Cc1ccc(NC(=O)c2ccc(CN)c(C(F)(F)F)c2)cc1NCc1cnc2c(ccn2COCC[Si](C)(C)C)c1SC(C)C. The molecule has 1 amide bonds. The lowest BCUT2D eigenvalue weighted by Gasteiger charge is -2.17. The number of aromatic nitrogens is 2. The van der Waals surface area contributed by atoms with E-state index < -0.39 is 25.7 Å². The summed E-state index contributed by atoms with van der Waals surface area (Å²) in [5, 5.41) is 7.62. The highest BCUT2D eigenvalue weighted by Gasteiger charge is 2.33. The zero-order chi connectivity index (χ0) is 32.9. The van der Waals surface area contributed by atoms with Gasteiger partial charge >= 0.3 is 6.18 Å². The third-order valence-corrected chi connectivity index (χ3v) is 10.1. The van der Waals surface area contributed by atoms with Gasteiger partial charge in [-0.05, 0) is 54.4 Å². The monoisotopic (exact) mass is 657 g/mol. The molecule has 45 heavy (non-hydrogen) atoms. The summed E-state index contributed by atoms with van der Waals surface area (Å²) in [7, 11) is -1.17. The molecule has 0 spiro atoms. The molecule has 4 aromatic rings. The number of anilines is 2. The van der Waals surface area contributed by atoms with Gasteiger partial charge in [-0.1, -0.05) is 45.6 Å². The number of aryl methyl sites for hydroxylation is 1. The molecule has 4 rings (SSSR count). The summed E-state index contributed by atoms with van der Waals surface area (Å²) in [6, 6.07) is 12.0. The van der Waals surface area contributed by atoms with Gasteiger partial charge in [0.15, 0.2) is 0 Å². The molecule has 0 saturated heterocycles. The first-order valence-electron chi connectivity index (χ1n) is 14.9. The number of benzene rings is 2. The number of nitrogens with two attached hydrogens (primary N) is 1. The fourth-order valence-electron chi connectivity index (χ4n) is 4.75. The Balaban J connectivity index is 1.51. The Kier molecular flexibility index (Phi) is 11.1. The Bertz CT molecular complexity index is 1650. The van der Waals surface area contributed by atoms with Gasteiger partial charge in [-0.3, -0.25) is 4.79 Å². The number of carbonyl (C=O) groups excluding carboxylic acids is 1. The van der Waals surface area contributed by atoms with E-state index in [-0.39, 0.29) is 17.7 Å². The quantitative estimate of drug-likeness (QED) is 0.0759. The maximum absolute atomic E-state index is 13.5. The second kappa shape index (κ2) is 14.4. The Morgan fingerprint density at radius 1 is 1.11 bits per heavy atom. The molecule has 0 atom stereocenters. The summed E-state index contributed by atoms with van der Waals surface area (Å²) >= 11 is 1.78. The first kappa shape index (κ1) is 34.5. The number of pyridine rings is 1. The standard InChI is InChI=1S/C33H42F3N5O2SSi/c1-21(2)44-30-25(19-39-31-27(30)11-12-41(31)20-43-13-14-45(4,5)6)18-38-29-16-26(10-7-22(29)3)40-32(42)23-8-9-24(17-37)28(15-23)33(34,35)36/h7-12,15-16,19,21,38H,13-14,17-18,20,37H2,1-6H3,(H,40,42). The zero-order valence-electron chi connectivity index (χ0n) is 26.6. The highest BCUT2D eigenvalue weighted by Crippen LogP contribution is 2.35. The molecule has 2 aromatic carbocycles. The zero-order valence-corrected chi connectivity index (χ0v) is 28.5. The van der Waals surface area contributed by atoms with Gasteiger partial charge in [-0.25, -0.2) is 4.98 Å². The number of thioether (sulfide) groups is 1. The number of hydrogen-bond acceptors (Lipinski definition) is 6. The molecule has 0 fully saturated rings. The van der Waals surface area contributed by atoms with Crippen LogP contribution >= 0.6 is 11.8 Å². The number of fused-ring (bicyclic) bond motifs is 1. The third kappa shape index (κ3) is 9.12. The molecule has 2 aromatic heterocycles. The fraction of sp³-hybridized carbons (Fsp3) is 0.394. The van der Waals surface area contributed by atoms with Crippen molar-refractivity contribution in [2.45, 2.75) is 82.6 Å². The van der Waals surface area contributed by atoms with Crippen molar-refractivity contribution in [1.29, 1.82) is 0 Å². The molecule has 4 N–H and O–H groups in total. The van der Waals surface area contributed by atoms with Crippen LogP contribution in [0.4, 0.5) is 24.5 Å². The summed E-state index contributed by atoms with van der Waals surface area (Å²) in [5.74, 6) is -0.641. The first-order chi connectivity index (χ1) is 21.2. The van der Waals surface area contributed by atoms with E-state index in [1.54, 1.807) is 23.9 Å². The van der Waals surface area contributed by atoms with Crippen LogP contribution in [0.1, 0.15) is 46.5 Å². The molecule has 0 aliphatic heterocycles. The number of carbonyl (C=O) groups is 1. The summed E-state index contributed by atoms with van der Waals surface area (Å²) in [4.78, 5) is 18.9. The van der Waals surface area contributed by atoms with Crippen LogP contribution in [0, 0.1) is 6.92 Å². The van der Waals surface area contributed by atoms with E-state index in [1.165, 1.54) is 12.1 Å². The number of nitrogens with one attached hydrogen (secondary N) is 2. The van der Waals surface area contributed by atoms with E-state index in [0.29, 0.717) is 24.2 Å². The van der Waals surface area contributed by atoms with Gasteiger partial charge in [-0.2, -0.15) is 13.2 Å². The van der Waals surface area contributed by atoms with Crippen LogP contribution in [0.2, 0.25) is 25.7 Å². The molecule has 7 nitrogen and oxygen atoms in total. The minimum absolute atomic E-state index is 0.0640. The van der Waals surface area contributed by atoms with Crippen molar-refractivity contribution >= 4 is 48.2 Å². The fourth-order valence-corrected chi connectivity index (χ4v) is 6.54. The summed E-state index contributed by atoms with van der Waals surface area (Å²) in [5.41, 5.74) is 8.52. The van der Waals surface area contributed by atoms with E-state index in [1.807, 2.05) is 30.0 Å². The van der Waals surface area contributed by atoms with Crippen LogP contribution in [-0.2, 0) is 30.7 Å². The molecule has 242 valence electrons. The smallest absolute Gasteiger partial charge is 0.381 e. The van der Waals surface area contributed by atoms with Crippen molar-refractivity contribution in [3.05, 3.63) is 82.7 Å². The number of ether oxygens (including phenoxy) is 1. The Hall–Kier alpha value is -3.32. The van der Waals surface area contributed by atoms with Gasteiger partial charge in [0, 0.05) is 78.2 Å². The minimum Gasteiger partial charge on any atom is -0.381 e. The Labute approximate surface area is 268 Å². The highest BCUT2D eigenvalue weighted by molar-refractivity contribution is 8.00. The molecular formula is C33H42F3N5O2SSi. The van der Waals surface area contributed by atoms with E-state index in [9.17, 15) is 18.0 Å². The van der Waals surface area contributed by atoms with Crippen molar-refractivity contribution < 1.29 is 22.7 Å². The first-order valence-corrected chi connectivity index (χ1v) is 19.5. The Morgan fingerprint density at radius 2 is 1.87 bits per heavy atom. The molecule has 12 heteroatoms. The van der Waals surface area contributed by atoms with Crippen LogP contribution in [0.3, 0.4) is 0 Å². The number of rotatable bonds is 13. The van der Waals surface area contributed by atoms with E-state index in [2.05, 4.69) is 50.2 Å². The van der Waals surface area contributed by atoms with Crippen LogP contribution in [0.25, 0.3) is 11.0 Å². The summed E-state index contributed by atoms with van der Waals surface area (Å²) < 4.78 is 48.5. The largest absolute Gasteiger partial charge is 0.416 e. The predicted octanol–water partition coefficient (Wildman–Crippen LogP) is 8.50. The second-order valence-corrected chi connectivity index (χ2v) is 19.8. The van der Waals surface area contributed by atoms with Crippen molar-refractivity contribution in [2.24, 2.45) is 5.73 Å². The maximum Gasteiger partial charge on any atom is 0.416 e. The average Bonchev–Trinajstić information content (AvgIpc) is 3.38. The van der Waals surface area contributed by atoms with Crippen molar-refractivity contribution in [2.75, 3.05) is 17.2 Å². The Morgan fingerprint density at radius 3 is 2.53 bits per heavy atom. The number of hydrogen-bond donors (Lipinski definition) is 3. The lowest BCUT2D eigenvalue weighted by molar-refractivity contribution is -0.138. The number of amides is 1. The van der Waals surface area contributed by atoms with Crippen LogP contribution in [-0.4, -0.2) is 35.4 Å². The maximum atomic E-state index is 13.5. The second-order valence-electron chi connectivity index (χ2n) is 12.6. The molecule has 0 saturated carbocycles. The third-order valence-electron chi connectivity index (χ3n) is 7.26. The number of halogens is 3. The minimum atomic E-state index is -4.61. The normalized spacial score (nSPS) is 12.2. The molecule has 0 bridgehead atoms. The highest BCUT2D eigenvalue weighted by atomic mass is 32.2. The average molecular weight is 658 g/mol. The van der Waals surface area contributed by atoms with Gasteiger partial charge in [0.25, 0.3) is 5.91 Å². The van der Waals surface area contributed by atoms with E-state index in [0.717, 1.165) is 51.5 Å². The van der Waals surface area contributed by atoms with E-state index >= 15 is 0 Å². The van der Waals surface area contributed by atoms with E-state index in [4.69, 9.17) is 15.5 Å². The molecule has 0 aliphatic carbocycles. The van der Waals surface area contributed by atoms with Crippen molar-refractivity contribution in [3.63, 3.8) is 0 Å².